The Balaban J connectivity index is 1.30. The highest BCUT2D eigenvalue weighted by Gasteiger charge is 2.44. The van der Waals surface area contributed by atoms with E-state index in [1.54, 1.807) is 6.33 Å². The van der Waals surface area contributed by atoms with Crippen molar-refractivity contribution in [3.63, 3.8) is 0 Å². The van der Waals surface area contributed by atoms with Gasteiger partial charge in [0.05, 0.1) is 5.69 Å². The molecule has 0 atom stereocenters. The first kappa shape index (κ1) is 36.6. The lowest BCUT2D eigenvalue weighted by atomic mass is 9.33. The van der Waals surface area contributed by atoms with Crippen LogP contribution in [0.2, 0.25) is 0 Å². The van der Waals surface area contributed by atoms with Crippen LogP contribution in [0.3, 0.4) is 0 Å². The lowest BCUT2D eigenvalue weighted by Gasteiger charge is -2.44. The van der Waals surface area contributed by atoms with E-state index in [0.717, 1.165) is 34.0 Å². The van der Waals surface area contributed by atoms with Gasteiger partial charge >= 0.3 is 0 Å². The average molecular weight is 763 g/mol. The molecule has 0 saturated carbocycles. The molecule has 286 valence electrons. The number of fused-ring (bicyclic) bond motifs is 4. The van der Waals surface area contributed by atoms with Crippen LogP contribution in [0.5, 0.6) is 0 Å². The largest absolute Gasteiger partial charge is 0.311 e. The molecule has 2 aliphatic rings. The zero-order valence-electron chi connectivity index (χ0n) is 34.6. The maximum Gasteiger partial charge on any atom is 0.252 e. The molecular formula is C54H47BN4. The summed E-state index contributed by atoms with van der Waals surface area (Å²) in [4.78, 5) is 14.1. The van der Waals surface area contributed by atoms with Crippen LogP contribution in [-0.2, 0) is 10.8 Å². The minimum Gasteiger partial charge on any atom is -0.311 e. The Labute approximate surface area is 349 Å². The maximum atomic E-state index is 4.83. The molecule has 8 aromatic rings. The number of rotatable bonds is 5. The third-order valence-electron chi connectivity index (χ3n) is 12.1. The zero-order valence-corrected chi connectivity index (χ0v) is 34.6. The molecule has 2 aliphatic heterocycles. The second-order valence-corrected chi connectivity index (χ2v) is 18.0. The fraction of sp³-hybridized carbons (Fsp3) is 0.148. The van der Waals surface area contributed by atoms with Crippen molar-refractivity contribution in [3.05, 3.63) is 187 Å². The Morgan fingerprint density at radius 2 is 0.864 bits per heavy atom. The first-order chi connectivity index (χ1) is 28.5. The Hall–Kier alpha value is -6.72. The minimum absolute atomic E-state index is 0.0192. The molecular weight excluding hydrogens is 715 g/mol. The summed E-state index contributed by atoms with van der Waals surface area (Å²) in [5.41, 5.74) is 20.1. The number of anilines is 6. The number of aromatic nitrogens is 2. The van der Waals surface area contributed by atoms with E-state index in [9.17, 15) is 0 Å². The third kappa shape index (κ3) is 6.42. The minimum atomic E-state index is -0.0192. The Bertz CT molecular complexity index is 2650. The molecule has 7 aromatic carbocycles. The molecule has 1 aromatic heterocycles. The smallest absolute Gasteiger partial charge is 0.252 e. The van der Waals surface area contributed by atoms with E-state index < -0.39 is 0 Å². The van der Waals surface area contributed by atoms with E-state index in [0.29, 0.717) is 0 Å². The van der Waals surface area contributed by atoms with Gasteiger partial charge in [0.2, 0.25) is 0 Å². The van der Waals surface area contributed by atoms with Gasteiger partial charge in [0.1, 0.15) is 6.33 Å². The molecule has 5 heteroatoms. The average Bonchev–Trinajstić information content (AvgIpc) is 3.26. The highest BCUT2D eigenvalue weighted by atomic mass is 15.2. The van der Waals surface area contributed by atoms with Crippen molar-refractivity contribution < 1.29 is 0 Å². The lowest BCUT2D eigenvalue weighted by molar-refractivity contribution is 0.590. The molecule has 0 unspecified atom stereocenters. The summed E-state index contributed by atoms with van der Waals surface area (Å²) in [6.07, 6.45) is 3.49. The Morgan fingerprint density at radius 3 is 1.27 bits per heavy atom. The number of hydrogen-bond acceptors (Lipinski definition) is 4. The molecule has 59 heavy (non-hydrogen) atoms. The second-order valence-electron chi connectivity index (χ2n) is 18.0. The highest BCUT2D eigenvalue weighted by molar-refractivity contribution is 7.00. The van der Waals surface area contributed by atoms with Gasteiger partial charge < -0.3 is 9.80 Å². The van der Waals surface area contributed by atoms with Crippen LogP contribution in [0, 0.1) is 0 Å². The zero-order chi connectivity index (χ0) is 40.5. The van der Waals surface area contributed by atoms with Gasteiger partial charge in [-0.15, -0.1) is 0 Å². The van der Waals surface area contributed by atoms with Gasteiger partial charge in [-0.2, -0.15) is 0 Å². The summed E-state index contributed by atoms with van der Waals surface area (Å²) in [5.74, 6) is 0. The summed E-state index contributed by atoms with van der Waals surface area (Å²) in [6.45, 7) is 13.6. The topological polar surface area (TPSA) is 32.3 Å². The molecule has 0 N–H and O–H groups in total. The summed E-state index contributed by atoms with van der Waals surface area (Å²) in [6, 6.07) is 60.8. The summed E-state index contributed by atoms with van der Waals surface area (Å²) in [5, 5.41) is 0. The SMILES string of the molecule is CC(C)(C)c1ccc(N2c3cc(-c4ccccc4)ccc3B3c4ccc(-c5ccccc5)cc4N(c4ccc(C(C)(C)C)cc4)c4cc(-c5ccncn5)cc2c43)cc1. The molecule has 0 fully saturated rings. The fourth-order valence-corrected chi connectivity index (χ4v) is 9.00. The maximum absolute atomic E-state index is 4.83. The van der Waals surface area contributed by atoms with Crippen molar-refractivity contribution in [2.24, 2.45) is 0 Å². The Morgan fingerprint density at radius 1 is 0.424 bits per heavy atom. The van der Waals surface area contributed by atoms with E-state index in [1.165, 1.54) is 61.1 Å². The van der Waals surface area contributed by atoms with Gasteiger partial charge in [-0.3, -0.25) is 0 Å². The van der Waals surface area contributed by atoms with E-state index >= 15 is 0 Å². The van der Waals surface area contributed by atoms with Gasteiger partial charge in [0.25, 0.3) is 6.71 Å². The molecule has 4 nitrogen and oxygen atoms in total. The van der Waals surface area contributed by atoms with Crippen LogP contribution in [0.1, 0.15) is 52.7 Å². The van der Waals surface area contributed by atoms with Crippen molar-refractivity contribution in [2.45, 2.75) is 52.4 Å². The molecule has 10 rings (SSSR count). The van der Waals surface area contributed by atoms with Crippen LogP contribution in [-0.4, -0.2) is 16.7 Å². The van der Waals surface area contributed by atoms with Crippen molar-refractivity contribution in [1.29, 1.82) is 0 Å². The molecule has 3 heterocycles. The Kier molecular flexibility index (Phi) is 8.68. The molecule has 0 bridgehead atoms. The van der Waals surface area contributed by atoms with Crippen molar-refractivity contribution in [3.8, 4) is 33.5 Å². The normalized spacial score (nSPS) is 13.2. The molecule has 0 saturated heterocycles. The first-order valence-corrected chi connectivity index (χ1v) is 20.7. The van der Waals surface area contributed by atoms with Crippen LogP contribution >= 0.6 is 0 Å². The van der Waals surface area contributed by atoms with Crippen LogP contribution in [0.4, 0.5) is 34.1 Å². The number of nitrogens with zero attached hydrogens (tertiary/aromatic N) is 4. The lowest BCUT2D eigenvalue weighted by Crippen LogP contribution is -2.61. The van der Waals surface area contributed by atoms with Crippen LogP contribution in [0.25, 0.3) is 33.5 Å². The highest BCUT2D eigenvalue weighted by Crippen LogP contribution is 2.47. The quantitative estimate of drug-likeness (QED) is 0.164. The van der Waals surface area contributed by atoms with Gasteiger partial charge in [-0.05, 0) is 115 Å². The summed E-state index contributed by atoms with van der Waals surface area (Å²) >= 11 is 0. The predicted molar refractivity (Wildman–Crippen MR) is 250 cm³/mol. The van der Waals surface area contributed by atoms with E-state index in [1.807, 2.05) is 12.3 Å². The van der Waals surface area contributed by atoms with Gasteiger partial charge in [-0.1, -0.05) is 151 Å². The van der Waals surface area contributed by atoms with Crippen LogP contribution in [0.15, 0.2) is 176 Å². The van der Waals surface area contributed by atoms with Crippen LogP contribution < -0.4 is 26.2 Å². The first-order valence-electron chi connectivity index (χ1n) is 20.7. The van der Waals surface area contributed by atoms with E-state index in [4.69, 9.17) is 4.98 Å². The molecule has 0 aliphatic carbocycles. The molecule has 0 amide bonds. The van der Waals surface area contributed by atoms with E-state index in [-0.39, 0.29) is 17.5 Å². The molecule has 0 radical (unpaired) electrons. The molecule has 0 spiro atoms. The van der Waals surface area contributed by atoms with Crippen molar-refractivity contribution in [1.82, 2.24) is 9.97 Å². The monoisotopic (exact) mass is 762 g/mol. The standard InChI is InChI=1S/C54H47BN4/c1-53(2,3)41-19-23-43(24-20-41)58-48-31-38(36-13-9-7-10-14-36)17-27-45(48)55-46-28-18-39(37-15-11-8-12-16-37)32-49(46)59(44-25-21-42(22-26-44)54(4,5)6)51-34-40(33-50(58)52(51)55)47-29-30-56-35-57-47/h7-35H,1-6H3. The number of benzene rings is 7. The van der Waals surface area contributed by atoms with Crippen molar-refractivity contribution in [2.75, 3.05) is 9.80 Å². The number of hydrogen-bond donors (Lipinski definition) is 0. The summed E-state index contributed by atoms with van der Waals surface area (Å²) in [7, 11) is 0. The van der Waals surface area contributed by atoms with Gasteiger partial charge in [-0.25, -0.2) is 9.97 Å². The van der Waals surface area contributed by atoms with E-state index in [2.05, 4.69) is 214 Å². The predicted octanol–water partition coefficient (Wildman–Crippen LogP) is 12.2. The fourth-order valence-electron chi connectivity index (χ4n) is 9.00. The third-order valence-corrected chi connectivity index (χ3v) is 12.1. The summed E-state index contributed by atoms with van der Waals surface area (Å²) < 4.78 is 0. The van der Waals surface area contributed by atoms with Gasteiger partial charge in [0.15, 0.2) is 0 Å². The second kappa shape index (κ2) is 14.0. The van der Waals surface area contributed by atoms with Gasteiger partial charge in [0, 0.05) is 45.9 Å². The van der Waals surface area contributed by atoms with Crippen molar-refractivity contribution >= 4 is 57.2 Å².